The van der Waals surface area contributed by atoms with Crippen molar-refractivity contribution in [3.63, 3.8) is 0 Å². The molecule has 138 valence electrons. The van der Waals surface area contributed by atoms with Crippen LogP contribution in [-0.2, 0) is 6.42 Å². The first kappa shape index (κ1) is 18.5. The van der Waals surface area contributed by atoms with Crippen LogP contribution in [0.3, 0.4) is 0 Å². The molecule has 1 aliphatic rings. The minimum atomic E-state index is -0.0427. The van der Waals surface area contributed by atoms with Gasteiger partial charge in [0.15, 0.2) is 0 Å². The monoisotopic (exact) mass is 371 g/mol. The Hall–Kier alpha value is -2.34. The molecule has 0 radical (unpaired) electrons. The fourth-order valence-electron chi connectivity index (χ4n) is 3.33. The summed E-state index contributed by atoms with van der Waals surface area (Å²) < 4.78 is 0. The molecule has 2 aromatic rings. The fraction of sp³-hybridized carbons (Fsp3) is 0.400. The number of amides is 3. The van der Waals surface area contributed by atoms with Crippen molar-refractivity contribution in [2.75, 3.05) is 32.7 Å². The lowest BCUT2D eigenvalue weighted by atomic mass is 10.0. The van der Waals surface area contributed by atoms with Crippen LogP contribution < -0.4 is 5.32 Å². The molecule has 3 amide bonds. The van der Waals surface area contributed by atoms with Gasteiger partial charge in [0.2, 0.25) is 0 Å². The van der Waals surface area contributed by atoms with E-state index in [1.807, 2.05) is 21.7 Å². The van der Waals surface area contributed by atoms with Crippen molar-refractivity contribution >= 4 is 23.3 Å². The fourth-order valence-corrected chi connectivity index (χ4v) is 3.96. The van der Waals surface area contributed by atoms with E-state index < -0.39 is 0 Å². The van der Waals surface area contributed by atoms with Crippen molar-refractivity contribution in [2.45, 2.75) is 20.3 Å². The van der Waals surface area contributed by atoms with Gasteiger partial charge in [-0.05, 0) is 48.4 Å². The molecule has 0 aliphatic carbocycles. The third-order valence-electron chi connectivity index (χ3n) is 4.92. The van der Waals surface area contributed by atoms with Crippen LogP contribution in [0.15, 0.2) is 35.0 Å². The number of piperazine rings is 1. The highest BCUT2D eigenvalue weighted by Gasteiger charge is 2.24. The first-order chi connectivity index (χ1) is 12.6. The minimum absolute atomic E-state index is 0.0427. The minimum Gasteiger partial charge on any atom is -0.338 e. The molecular formula is C20H25N3O2S. The van der Waals surface area contributed by atoms with E-state index in [1.165, 1.54) is 28.0 Å². The third kappa shape index (κ3) is 4.25. The average molecular weight is 372 g/mol. The molecule has 0 spiro atoms. The standard InChI is InChI=1S/C20H25N3O2S/c1-15-4-3-5-16(2)18(15)6-8-21-20(25)23-11-9-22(10-12-23)19(24)17-7-13-26-14-17/h3-5,7,13-14H,6,8-12H2,1-2H3,(H,21,25). The highest BCUT2D eigenvalue weighted by Crippen LogP contribution is 2.14. The molecule has 26 heavy (non-hydrogen) atoms. The van der Waals surface area contributed by atoms with E-state index in [-0.39, 0.29) is 11.9 Å². The van der Waals surface area contributed by atoms with Crippen molar-refractivity contribution in [3.05, 3.63) is 57.3 Å². The summed E-state index contributed by atoms with van der Waals surface area (Å²) in [6, 6.07) is 8.07. The Bertz CT molecular complexity index is 745. The van der Waals surface area contributed by atoms with Gasteiger partial charge in [0.1, 0.15) is 0 Å². The van der Waals surface area contributed by atoms with Crippen molar-refractivity contribution in [3.8, 4) is 0 Å². The van der Waals surface area contributed by atoms with Gasteiger partial charge in [-0.3, -0.25) is 4.79 Å². The van der Waals surface area contributed by atoms with Gasteiger partial charge in [-0.15, -0.1) is 0 Å². The predicted octanol–water partition coefficient (Wildman–Crippen LogP) is 3.08. The Balaban J connectivity index is 1.44. The summed E-state index contributed by atoms with van der Waals surface area (Å²) in [4.78, 5) is 28.3. The summed E-state index contributed by atoms with van der Waals surface area (Å²) in [5.41, 5.74) is 4.57. The lowest BCUT2D eigenvalue weighted by molar-refractivity contribution is 0.0665. The quantitative estimate of drug-likeness (QED) is 0.898. The second-order valence-electron chi connectivity index (χ2n) is 6.64. The zero-order valence-electron chi connectivity index (χ0n) is 15.3. The van der Waals surface area contributed by atoms with Crippen LogP contribution in [0.2, 0.25) is 0 Å². The average Bonchev–Trinajstić information content (AvgIpc) is 3.18. The van der Waals surface area contributed by atoms with Gasteiger partial charge in [-0.25, -0.2) is 4.79 Å². The van der Waals surface area contributed by atoms with Gasteiger partial charge in [0, 0.05) is 38.1 Å². The molecule has 3 rings (SSSR count). The number of hydrogen-bond acceptors (Lipinski definition) is 3. The number of hydrogen-bond donors (Lipinski definition) is 1. The molecule has 5 nitrogen and oxygen atoms in total. The van der Waals surface area contributed by atoms with Gasteiger partial charge in [-0.1, -0.05) is 18.2 Å². The van der Waals surface area contributed by atoms with E-state index in [2.05, 4.69) is 37.4 Å². The van der Waals surface area contributed by atoms with Crippen LogP contribution in [-0.4, -0.2) is 54.5 Å². The number of carbonyl (C=O) groups excluding carboxylic acids is 2. The van der Waals surface area contributed by atoms with Crippen LogP contribution >= 0.6 is 11.3 Å². The van der Waals surface area contributed by atoms with Crippen LogP contribution in [0.5, 0.6) is 0 Å². The van der Waals surface area contributed by atoms with Crippen LogP contribution in [0.1, 0.15) is 27.0 Å². The molecule has 1 aliphatic heterocycles. The van der Waals surface area contributed by atoms with E-state index in [0.717, 1.165) is 12.0 Å². The molecule has 2 heterocycles. The molecule has 1 aromatic heterocycles. The molecule has 1 fully saturated rings. The second-order valence-corrected chi connectivity index (χ2v) is 7.42. The van der Waals surface area contributed by atoms with Gasteiger partial charge >= 0.3 is 6.03 Å². The summed E-state index contributed by atoms with van der Waals surface area (Å²) in [6.45, 7) is 7.15. The molecule has 0 saturated carbocycles. The van der Waals surface area contributed by atoms with E-state index in [9.17, 15) is 9.59 Å². The lowest BCUT2D eigenvalue weighted by Crippen LogP contribution is -2.53. The topological polar surface area (TPSA) is 52.7 Å². The summed E-state index contributed by atoms with van der Waals surface area (Å²) in [7, 11) is 0. The molecule has 1 N–H and O–H groups in total. The van der Waals surface area contributed by atoms with Gasteiger partial charge in [0.05, 0.1) is 5.56 Å². The number of aryl methyl sites for hydroxylation is 2. The van der Waals surface area contributed by atoms with Crippen LogP contribution in [0, 0.1) is 13.8 Å². The summed E-state index contributed by atoms with van der Waals surface area (Å²) in [5.74, 6) is 0.0568. The predicted molar refractivity (Wildman–Crippen MR) is 105 cm³/mol. The van der Waals surface area contributed by atoms with E-state index >= 15 is 0 Å². The Morgan fingerprint density at radius 2 is 1.69 bits per heavy atom. The molecule has 0 atom stereocenters. The Labute approximate surface area is 158 Å². The van der Waals surface area contributed by atoms with Gasteiger partial charge in [0.25, 0.3) is 5.91 Å². The van der Waals surface area contributed by atoms with Crippen molar-refractivity contribution in [1.82, 2.24) is 15.1 Å². The first-order valence-corrected chi connectivity index (χ1v) is 9.90. The molecule has 1 saturated heterocycles. The number of benzene rings is 1. The highest BCUT2D eigenvalue weighted by atomic mass is 32.1. The number of rotatable bonds is 4. The largest absolute Gasteiger partial charge is 0.338 e. The zero-order chi connectivity index (χ0) is 18.5. The maximum Gasteiger partial charge on any atom is 0.317 e. The lowest BCUT2D eigenvalue weighted by Gasteiger charge is -2.34. The maximum atomic E-state index is 12.4. The molecule has 0 unspecified atom stereocenters. The van der Waals surface area contributed by atoms with Crippen molar-refractivity contribution in [2.24, 2.45) is 0 Å². The van der Waals surface area contributed by atoms with Gasteiger partial charge in [-0.2, -0.15) is 11.3 Å². The smallest absolute Gasteiger partial charge is 0.317 e. The van der Waals surface area contributed by atoms with Crippen LogP contribution in [0.25, 0.3) is 0 Å². The molecular weight excluding hydrogens is 346 g/mol. The SMILES string of the molecule is Cc1cccc(C)c1CCNC(=O)N1CCN(C(=O)c2ccsc2)CC1. The Kier molecular flexibility index (Phi) is 5.93. The van der Waals surface area contributed by atoms with Gasteiger partial charge < -0.3 is 15.1 Å². The number of thiophene rings is 1. The number of urea groups is 1. The van der Waals surface area contributed by atoms with Crippen LogP contribution in [0.4, 0.5) is 4.79 Å². The van der Waals surface area contributed by atoms with Crippen molar-refractivity contribution < 1.29 is 9.59 Å². The summed E-state index contributed by atoms with van der Waals surface area (Å²) >= 11 is 1.52. The first-order valence-electron chi connectivity index (χ1n) is 8.95. The Morgan fingerprint density at radius 3 is 2.31 bits per heavy atom. The maximum absolute atomic E-state index is 12.4. The Morgan fingerprint density at radius 1 is 1.04 bits per heavy atom. The third-order valence-corrected chi connectivity index (χ3v) is 5.60. The van der Waals surface area contributed by atoms with E-state index in [1.54, 1.807) is 4.90 Å². The number of nitrogens with zero attached hydrogens (tertiary/aromatic N) is 2. The normalized spacial score (nSPS) is 14.4. The summed E-state index contributed by atoms with van der Waals surface area (Å²) in [5, 5.41) is 6.79. The van der Waals surface area contributed by atoms with Crippen molar-refractivity contribution in [1.29, 1.82) is 0 Å². The number of carbonyl (C=O) groups is 2. The number of nitrogens with one attached hydrogen (secondary N) is 1. The summed E-state index contributed by atoms with van der Waals surface area (Å²) in [6.07, 6.45) is 0.834. The van der Waals surface area contributed by atoms with E-state index in [0.29, 0.717) is 32.7 Å². The molecule has 1 aromatic carbocycles. The zero-order valence-corrected chi connectivity index (χ0v) is 16.1. The molecule has 0 bridgehead atoms. The molecule has 6 heteroatoms. The highest BCUT2D eigenvalue weighted by molar-refractivity contribution is 7.08. The van der Waals surface area contributed by atoms with E-state index in [4.69, 9.17) is 0 Å². The second kappa shape index (κ2) is 8.36.